The molecule has 1 aliphatic rings. The molecule has 23 heavy (non-hydrogen) atoms. The molecule has 0 aromatic heterocycles. The lowest BCUT2D eigenvalue weighted by Gasteiger charge is -2.17. The highest BCUT2D eigenvalue weighted by Gasteiger charge is 2.41. The lowest BCUT2D eigenvalue weighted by atomic mass is 10.2. The van der Waals surface area contributed by atoms with Gasteiger partial charge in [0.05, 0.1) is 17.1 Å². The van der Waals surface area contributed by atoms with Crippen LogP contribution < -0.4 is 5.32 Å². The van der Waals surface area contributed by atoms with Gasteiger partial charge < -0.3 is 10.2 Å². The molecule has 0 heterocycles. The fraction of sp³-hybridized carbons (Fsp3) is 0.467. The first kappa shape index (κ1) is 17.6. The molecule has 2 rings (SSSR count). The van der Waals surface area contributed by atoms with Gasteiger partial charge in [0.1, 0.15) is 0 Å². The Morgan fingerprint density at radius 1 is 1.39 bits per heavy atom. The number of likely N-dealkylation sites (N-methyl/N-ethyl adjacent to an activating group) is 1. The van der Waals surface area contributed by atoms with Gasteiger partial charge in [-0.3, -0.25) is 9.59 Å². The lowest BCUT2D eigenvalue weighted by Crippen LogP contribution is -2.36. The molecule has 2 amide bonds. The summed E-state index contributed by atoms with van der Waals surface area (Å²) in [6.07, 6.45) is -3.80. The van der Waals surface area contributed by atoms with E-state index in [0.29, 0.717) is 5.92 Å². The van der Waals surface area contributed by atoms with E-state index in [2.05, 4.69) is 5.32 Å². The smallest absolute Gasteiger partial charge is 0.336 e. The van der Waals surface area contributed by atoms with Gasteiger partial charge in [0, 0.05) is 18.7 Å². The van der Waals surface area contributed by atoms with Crippen molar-refractivity contribution >= 4 is 29.1 Å². The van der Waals surface area contributed by atoms with Crippen molar-refractivity contribution in [3.05, 3.63) is 28.8 Å². The van der Waals surface area contributed by atoms with Crippen molar-refractivity contribution in [2.45, 2.75) is 19.5 Å². The van der Waals surface area contributed by atoms with Crippen molar-refractivity contribution in [3.63, 3.8) is 0 Å². The molecule has 0 spiro atoms. The van der Waals surface area contributed by atoms with Gasteiger partial charge in [-0.25, -0.2) is 0 Å². The number of amides is 2. The third-order valence-corrected chi connectivity index (χ3v) is 4.07. The largest absolute Gasteiger partial charge is 0.417 e. The Bertz CT molecular complexity index is 634. The minimum absolute atomic E-state index is 0.0210. The van der Waals surface area contributed by atoms with Gasteiger partial charge >= 0.3 is 6.18 Å². The molecule has 1 aromatic rings. The number of hydrogen-bond acceptors (Lipinski definition) is 2. The molecule has 1 aromatic carbocycles. The van der Waals surface area contributed by atoms with E-state index >= 15 is 0 Å². The van der Waals surface area contributed by atoms with E-state index in [1.54, 1.807) is 0 Å². The zero-order valence-corrected chi connectivity index (χ0v) is 13.3. The van der Waals surface area contributed by atoms with Gasteiger partial charge in [-0.1, -0.05) is 18.5 Å². The Morgan fingerprint density at radius 2 is 2.00 bits per heavy atom. The summed E-state index contributed by atoms with van der Waals surface area (Å²) in [5.41, 5.74) is -1.04. The van der Waals surface area contributed by atoms with E-state index in [1.165, 1.54) is 18.0 Å². The van der Waals surface area contributed by atoms with Crippen LogP contribution in [0.1, 0.15) is 18.9 Å². The second kappa shape index (κ2) is 6.39. The molecule has 1 fully saturated rings. The Morgan fingerprint density at radius 3 is 2.52 bits per heavy atom. The standard InChI is InChI=1S/C15H16ClF3N2O2/c1-8-5-10(8)14(23)21(2)7-13(22)20-9-3-4-12(16)11(6-9)15(17,18)19/h3-4,6,8,10H,5,7H2,1-2H3,(H,20,22)/t8-,10+/m0/s1. The normalized spacial score (nSPS) is 20.1. The number of rotatable bonds is 4. The third-order valence-electron chi connectivity index (χ3n) is 3.74. The molecular weight excluding hydrogens is 333 g/mol. The van der Waals surface area contributed by atoms with E-state index in [4.69, 9.17) is 11.6 Å². The number of carbonyl (C=O) groups is 2. The van der Waals surface area contributed by atoms with E-state index in [1.807, 2.05) is 6.92 Å². The van der Waals surface area contributed by atoms with Crippen molar-refractivity contribution in [1.29, 1.82) is 0 Å². The predicted octanol–water partition coefficient (Wildman–Crippen LogP) is 3.41. The topological polar surface area (TPSA) is 49.4 Å². The second-order valence-corrected chi connectivity index (χ2v) is 6.16. The Hall–Kier alpha value is -1.76. The summed E-state index contributed by atoms with van der Waals surface area (Å²) in [6.45, 7) is 1.73. The van der Waals surface area contributed by atoms with Crippen molar-refractivity contribution in [2.24, 2.45) is 11.8 Å². The van der Waals surface area contributed by atoms with Crippen LogP contribution in [0, 0.1) is 11.8 Å². The Balaban J connectivity index is 1.99. The summed E-state index contributed by atoms with van der Waals surface area (Å²) in [5, 5.41) is 1.91. The van der Waals surface area contributed by atoms with Crippen molar-refractivity contribution in [3.8, 4) is 0 Å². The quantitative estimate of drug-likeness (QED) is 0.906. The molecule has 0 bridgehead atoms. The van der Waals surface area contributed by atoms with Gasteiger partial charge in [-0.2, -0.15) is 13.2 Å². The SMILES string of the molecule is C[C@H]1C[C@H]1C(=O)N(C)CC(=O)Nc1ccc(Cl)c(C(F)(F)F)c1. The highest BCUT2D eigenvalue weighted by Crippen LogP contribution is 2.39. The first-order valence-corrected chi connectivity index (χ1v) is 7.39. The molecule has 4 nitrogen and oxygen atoms in total. The van der Waals surface area contributed by atoms with Crippen LogP contribution in [0.15, 0.2) is 18.2 Å². The van der Waals surface area contributed by atoms with Gasteiger partial charge in [-0.05, 0) is 30.5 Å². The van der Waals surface area contributed by atoms with Crippen LogP contribution >= 0.6 is 11.6 Å². The van der Waals surface area contributed by atoms with Gasteiger partial charge in [0.25, 0.3) is 0 Å². The summed E-state index contributed by atoms with van der Waals surface area (Å²) in [6, 6.07) is 3.12. The summed E-state index contributed by atoms with van der Waals surface area (Å²) < 4.78 is 38.3. The van der Waals surface area contributed by atoms with Gasteiger partial charge in [-0.15, -0.1) is 0 Å². The van der Waals surface area contributed by atoms with Crippen molar-refractivity contribution in [1.82, 2.24) is 4.90 Å². The van der Waals surface area contributed by atoms with E-state index < -0.39 is 22.7 Å². The number of carbonyl (C=O) groups excluding carboxylic acids is 2. The molecule has 0 unspecified atom stereocenters. The maximum Gasteiger partial charge on any atom is 0.417 e. The van der Waals surface area contributed by atoms with Gasteiger partial charge in [0.2, 0.25) is 11.8 Å². The van der Waals surface area contributed by atoms with Crippen molar-refractivity contribution < 1.29 is 22.8 Å². The molecule has 8 heteroatoms. The van der Waals surface area contributed by atoms with Crippen LogP contribution in [0.4, 0.5) is 18.9 Å². The molecule has 1 saturated carbocycles. The first-order valence-electron chi connectivity index (χ1n) is 7.01. The highest BCUT2D eigenvalue weighted by molar-refractivity contribution is 6.31. The number of hydrogen-bond donors (Lipinski definition) is 1. The molecule has 0 aliphatic heterocycles. The summed E-state index contributed by atoms with van der Waals surface area (Å²) in [7, 11) is 1.50. The number of benzene rings is 1. The lowest BCUT2D eigenvalue weighted by molar-refractivity contribution is -0.137. The minimum atomic E-state index is -4.60. The molecular formula is C15H16ClF3N2O2. The monoisotopic (exact) mass is 348 g/mol. The summed E-state index contributed by atoms with van der Waals surface area (Å²) in [5.74, 6) is -0.428. The zero-order valence-electron chi connectivity index (χ0n) is 12.6. The maximum atomic E-state index is 12.8. The number of halogens is 4. The van der Waals surface area contributed by atoms with Crippen LogP contribution in [0.25, 0.3) is 0 Å². The zero-order chi connectivity index (χ0) is 17.4. The third kappa shape index (κ3) is 4.37. The fourth-order valence-electron chi connectivity index (χ4n) is 2.26. The molecule has 0 saturated heterocycles. The molecule has 1 N–H and O–H groups in total. The van der Waals surface area contributed by atoms with E-state index in [0.717, 1.165) is 18.6 Å². The average molecular weight is 349 g/mol. The Labute approximate surface area is 136 Å². The van der Waals surface area contributed by atoms with Crippen LogP contribution in [-0.2, 0) is 15.8 Å². The predicted molar refractivity (Wildman–Crippen MR) is 80.0 cm³/mol. The van der Waals surface area contributed by atoms with E-state index in [-0.39, 0.29) is 24.1 Å². The summed E-state index contributed by atoms with van der Waals surface area (Å²) in [4.78, 5) is 25.1. The molecule has 0 radical (unpaired) electrons. The Kier molecular flexibility index (Phi) is 4.89. The van der Waals surface area contributed by atoms with Crippen molar-refractivity contribution in [2.75, 3.05) is 18.9 Å². The second-order valence-electron chi connectivity index (χ2n) is 5.75. The van der Waals surface area contributed by atoms with Crippen LogP contribution in [0.2, 0.25) is 5.02 Å². The minimum Gasteiger partial charge on any atom is -0.336 e. The molecule has 2 atom stereocenters. The van der Waals surface area contributed by atoms with Gasteiger partial charge in [0.15, 0.2) is 0 Å². The molecule has 126 valence electrons. The fourth-order valence-corrected chi connectivity index (χ4v) is 2.49. The molecule has 1 aliphatic carbocycles. The summed E-state index contributed by atoms with van der Waals surface area (Å²) >= 11 is 5.51. The van der Waals surface area contributed by atoms with Crippen LogP contribution in [0.3, 0.4) is 0 Å². The van der Waals surface area contributed by atoms with Crippen LogP contribution in [-0.4, -0.2) is 30.3 Å². The number of nitrogens with one attached hydrogen (secondary N) is 1. The number of nitrogens with zero attached hydrogens (tertiary/aromatic N) is 1. The van der Waals surface area contributed by atoms with E-state index in [9.17, 15) is 22.8 Å². The highest BCUT2D eigenvalue weighted by atomic mass is 35.5. The van der Waals surface area contributed by atoms with Crippen LogP contribution in [0.5, 0.6) is 0 Å². The number of alkyl halides is 3. The maximum absolute atomic E-state index is 12.8. The average Bonchev–Trinajstić information content (AvgIpc) is 3.15. The number of anilines is 1. The first-order chi connectivity index (χ1) is 10.6.